The lowest BCUT2D eigenvalue weighted by molar-refractivity contribution is -0.137. The molecule has 0 radical (unpaired) electrons. The van der Waals surface area contributed by atoms with E-state index in [-0.39, 0.29) is 6.04 Å². The highest BCUT2D eigenvalue weighted by Crippen LogP contribution is 2.33. The molecule has 0 aliphatic carbocycles. The van der Waals surface area contributed by atoms with Crippen LogP contribution >= 0.6 is 15.9 Å². The van der Waals surface area contributed by atoms with E-state index in [1.807, 2.05) is 13.8 Å². The molecule has 0 aliphatic heterocycles. The highest BCUT2D eigenvalue weighted by molar-refractivity contribution is 9.10. The van der Waals surface area contributed by atoms with Crippen LogP contribution in [0.5, 0.6) is 0 Å². The first-order valence-corrected chi connectivity index (χ1v) is 5.75. The topological polar surface area (TPSA) is 12.0 Å². The molecule has 0 saturated carbocycles. The smallest absolute Gasteiger partial charge is 0.310 e. The molecule has 1 unspecified atom stereocenters. The Labute approximate surface area is 101 Å². The molecule has 0 heterocycles. The number of halogens is 4. The monoisotopic (exact) mass is 295 g/mol. The predicted octanol–water partition coefficient (Wildman–Crippen LogP) is 4.14. The van der Waals surface area contributed by atoms with E-state index in [0.29, 0.717) is 10.0 Å². The van der Waals surface area contributed by atoms with Gasteiger partial charge in [-0.2, -0.15) is 13.2 Å². The van der Waals surface area contributed by atoms with Crippen molar-refractivity contribution in [3.8, 4) is 0 Å². The van der Waals surface area contributed by atoms with Gasteiger partial charge < -0.3 is 5.32 Å². The van der Waals surface area contributed by atoms with Crippen LogP contribution in [0.1, 0.15) is 31.0 Å². The summed E-state index contributed by atoms with van der Waals surface area (Å²) in [5.41, 5.74) is 0.00479. The van der Waals surface area contributed by atoms with Crippen molar-refractivity contribution in [3.63, 3.8) is 0 Å². The summed E-state index contributed by atoms with van der Waals surface area (Å²) in [5.74, 6) is 0. The Bertz CT molecular complexity index is 363. The highest BCUT2D eigenvalue weighted by atomic mass is 79.9. The van der Waals surface area contributed by atoms with Crippen molar-refractivity contribution in [2.24, 2.45) is 0 Å². The van der Waals surface area contributed by atoms with Gasteiger partial charge in [-0.3, -0.25) is 0 Å². The molecule has 0 aliphatic rings. The van der Waals surface area contributed by atoms with Crippen molar-refractivity contribution in [2.75, 3.05) is 6.54 Å². The molecule has 0 saturated heterocycles. The Hall–Kier alpha value is -0.550. The maximum atomic E-state index is 12.6. The Morgan fingerprint density at radius 1 is 1.31 bits per heavy atom. The van der Waals surface area contributed by atoms with Gasteiger partial charge in [-0.1, -0.05) is 22.9 Å². The van der Waals surface area contributed by atoms with E-state index < -0.39 is 11.7 Å². The standard InChI is InChI=1S/C11H13BrF3N/c1-3-16-7(2)8-4-9(11(13,14)15)6-10(12)5-8/h4-7,16H,3H2,1-2H3. The number of nitrogens with one attached hydrogen (secondary N) is 1. The second-order valence-corrected chi connectivity index (χ2v) is 4.47. The normalized spacial score (nSPS) is 13.9. The summed E-state index contributed by atoms with van der Waals surface area (Å²) in [5, 5.41) is 3.08. The van der Waals surface area contributed by atoms with Crippen LogP contribution in [0.25, 0.3) is 0 Å². The summed E-state index contributed by atoms with van der Waals surface area (Å²) in [6, 6.07) is 3.87. The summed E-state index contributed by atoms with van der Waals surface area (Å²) in [7, 11) is 0. The van der Waals surface area contributed by atoms with Crippen LogP contribution in [0, 0.1) is 0 Å². The predicted molar refractivity (Wildman–Crippen MR) is 61.2 cm³/mol. The maximum Gasteiger partial charge on any atom is 0.416 e. The maximum absolute atomic E-state index is 12.6. The number of rotatable bonds is 3. The molecule has 1 N–H and O–H groups in total. The van der Waals surface area contributed by atoms with Crippen molar-refractivity contribution < 1.29 is 13.2 Å². The lowest BCUT2D eigenvalue weighted by Crippen LogP contribution is -2.18. The average molecular weight is 296 g/mol. The van der Waals surface area contributed by atoms with Gasteiger partial charge in [0.25, 0.3) is 0 Å². The molecule has 0 spiro atoms. The summed E-state index contributed by atoms with van der Waals surface area (Å²) in [6.45, 7) is 4.47. The number of benzene rings is 1. The largest absolute Gasteiger partial charge is 0.416 e. The molecule has 90 valence electrons. The first-order chi connectivity index (χ1) is 7.34. The third-order valence-corrected chi connectivity index (χ3v) is 2.72. The van der Waals surface area contributed by atoms with E-state index in [0.717, 1.165) is 12.6 Å². The fourth-order valence-corrected chi connectivity index (χ4v) is 1.96. The molecule has 1 nitrogen and oxygen atoms in total. The highest BCUT2D eigenvalue weighted by Gasteiger charge is 2.31. The van der Waals surface area contributed by atoms with Crippen LogP contribution < -0.4 is 5.32 Å². The van der Waals surface area contributed by atoms with Crippen molar-refractivity contribution >= 4 is 15.9 Å². The Balaban J connectivity index is 3.08. The fraction of sp³-hybridized carbons (Fsp3) is 0.455. The van der Waals surface area contributed by atoms with Gasteiger partial charge >= 0.3 is 6.18 Å². The van der Waals surface area contributed by atoms with Crippen LogP contribution in [0.2, 0.25) is 0 Å². The van der Waals surface area contributed by atoms with Crippen LogP contribution in [0.4, 0.5) is 13.2 Å². The molecule has 1 aromatic carbocycles. The molecule has 0 fully saturated rings. The number of hydrogen-bond donors (Lipinski definition) is 1. The molecule has 0 aromatic heterocycles. The zero-order valence-electron chi connectivity index (χ0n) is 9.03. The minimum atomic E-state index is -4.30. The van der Waals surface area contributed by atoms with Gasteiger partial charge in [0.05, 0.1) is 5.56 Å². The summed E-state index contributed by atoms with van der Waals surface area (Å²) in [6.07, 6.45) is -4.30. The zero-order chi connectivity index (χ0) is 12.3. The van der Waals surface area contributed by atoms with Gasteiger partial charge in [0, 0.05) is 10.5 Å². The number of alkyl halides is 3. The first kappa shape index (κ1) is 13.5. The average Bonchev–Trinajstić information content (AvgIpc) is 2.16. The van der Waals surface area contributed by atoms with Crippen LogP contribution in [0.3, 0.4) is 0 Å². The van der Waals surface area contributed by atoms with E-state index in [2.05, 4.69) is 21.2 Å². The SMILES string of the molecule is CCNC(C)c1cc(Br)cc(C(F)(F)F)c1. The molecular weight excluding hydrogens is 283 g/mol. The third-order valence-electron chi connectivity index (χ3n) is 2.26. The zero-order valence-corrected chi connectivity index (χ0v) is 10.6. The third kappa shape index (κ3) is 3.49. The van der Waals surface area contributed by atoms with Crippen molar-refractivity contribution in [3.05, 3.63) is 33.8 Å². The first-order valence-electron chi connectivity index (χ1n) is 4.95. The van der Waals surface area contributed by atoms with Crippen LogP contribution in [-0.2, 0) is 6.18 Å². The van der Waals surface area contributed by atoms with Gasteiger partial charge in [-0.05, 0) is 37.2 Å². The summed E-state index contributed by atoms with van der Waals surface area (Å²) in [4.78, 5) is 0. The fourth-order valence-electron chi connectivity index (χ4n) is 1.45. The molecule has 1 rings (SSSR count). The lowest BCUT2D eigenvalue weighted by Gasteiger charge is -2.15. The Kier molecular flexibility index (Phi) is 4.38. The molecule has 1 aromatic rings. The van der Waals surface area contributed by atoms with Crippen LogP contribution in [-0.4, -0.2) is 6.54 Å². The van der Waals surface area contributed by atoms with E-state index >= 15 is 0 Å². The van der Waals surface area contributed by atoms with Gasteiger partial charge in [0.15, 0.2) is 0 Å². The van der Waals surface area contributed by atoms with Gasteiger partial charge in [-0.25, -0.2) is 0 Å². The molecule has 0 amide bonds. The summed E-state index contributed by atoms with van der Waals surface area (Å²) >= 11 is 3.10. The molecule has 0 bridgehead atoms. The van der Waals surface area contributed by atoms with Crippen molar-refractivity contribution in [2.45, 2.75) is 26.1 Å². The lowest BCUT2D eigenvalue weighted by atomic mass is 10.0. The Morgan fingerprint density at radius 2 is 1.94 bits per heavy atom. The molecule has 5 heteroatoms. The van der Waals surface area contributed by atoms with Crippen molar-refractivity contribution in [1.29, 1.82) is 0 Å². The minimum absolute atomic E-state index is 0.0939. The minimum Gasteiger partial charge on any atom is -0.310 e. The van der Waals surface area contributed by atoms with E-state index in [9.17, 15) is 13.2 Å². The molecule has 16 heavy (non-hydrogen) atoms. The van der Waals surface area contributed by atoms with E-state index in [1.165, 1.54) is 6.07 Å². The quantitative estimate of drug-likeness (QED) is 0.884. The van der Waals surface area contributed by atoms with Gasteiger partial charge in [-0.15, -0.1) is 0 Å². The molecule has 1 atom stereocenters. The van der Waals surface area contributed by atoms with Gasteiger partial charge in [0.1, 0.15) is 0 Å². The second-order valence-electron chi connectivity index (χ2n) is 3.55. The molecular formula is C11H13BrF3N. The van der Waals surface area contributed by atoms with Gasteiger partial charge in [0.2, 0.25) is 0 Å². The van der Waals surface area contributed by atoms with E-state index in [4.69, 9.17) is 0 Å². The van der Waals surface area contributed by atoms with Crippen molar-refractivity contribution in [1.82, 2.24) is 5.32 Å². The second kappa shape index (κ2) is 5.19. The van der Waals surface area contributed by atoms with Crippen LogP contribution in [0.15, 0.2) is 22.7 Å². The Morgan fingerprint density at radius 3 is 2.44 bits per heavy atom. The summed E-state index contributed by atoms with van der Waals surface area (Å²) < 4.78 is 38.1. The van der Waals surface area contributed by atoms with E-state index in [1.54, 1.807) is 6.07 Å². The number of hydrogen-bond acceptors (Lipinski definition) is 1.